The average molecular weight is 511 g/mol. The first-order chi connectivity index (χ1) is 17.1. The smallest absolute Gasteiger partial charge is 0.278 e. The molecular formula is C25H21F3N6OS. The van der Waals surface area contributed by atoms with Crippen LogP contribution in [0, 0.1) is 6.92 Å². The molecule has 4 aromatic heterocycles. The molecule has 0 radical (unpaired) electrons. The van der Waals surface area contributed by atoms with Crippen molar-refractivity contribution in [2.45, 2.75) is 39.4 Å². The minimum atomic E-state index is -4.53. The highest BCUT2D eigenvalue weighted by atomic mass is 32.1. The molecule has 4 heterocycles. The zero-order chi connectivity index (χ0) is 25.6. The van der Waals surface area contributed by atoms with E-state index in [0.29, 0.717) is 27.4 Å². The molecule has 0 atom stereocenters. The van der Waals surface area contributed by atoms with E-state index >= 15 is 0 Å². The standard InChI is InChI=1S/C25H21F3N6OS/c1-14(2)17-6-4-5-7-18(17)22-30-12-19-23(31-22)33(24(35)36-19)13-16-8-9-21(29-11-16)34-15(3)10-20(32-34)25(26,27)28/h4-12,14H,13H2,1-3H3. The molecule has 0 saturated carbocycles. The number of aromatic nitrogens is 6. The highest BCUT2D eigenvalue weighted by Gasteiger charge is 2.34. The molecule has 11 heteroatoms. The maximum atomic E-state index is 13.0. The number of nitrogens with zero attached hydrogens (tertiary/aromatic N) is 6. The van der Waals surface area contributed by atoms with Crippen LogP contribution in [0.1, 0.15) is 42.3 Å². The number of pyridine rings is 1. The van der Waals surface area contributed by atoms with Gasteiger partial charge in [-0.05, 0) is 36.1 Å². The summed E-state index contributed by atoms with van der Waals surface area (Å²) in [5, 5.41) is 3.63. The quantitative estimate of drug-likeness (QED) is 0.308. The number of benzene rings is 1. The van der Waals surface area contributed by atoms with Crippen LogP contribution in [0.4, 0.5) is 13.2 Å². The van der Waals surface area contributed by atoms with Gasteiger partial charge in [-0.25, -0.2) is 19.6 Å². The molecule has 0 aliphatic rings. The molecule has 36 heavy (non-hydrogen) atoms. The van der Waals surface area contributed by atoms with E-state index in [1.165, 1.54) is 13.1 Å². The summed E-state index contributed by atoms with van der Waals surface area (Å²) in [5.74, 6) is 1.08. The highest BCUT2D eigenvalue weighted by molar-refractivity contribution is 7.16. The van der Waals surface area contributed by atoms with Crippen LogP contribution in [0.3, 0.4) is 0 Å². The van der Waals surface area contributed by atoms with Crippen molar-refractivity contribution in [3.8, 4) is 17.2 Å². The van der Waals surface area contributed by atoms with Crippen molar-refractivity contribution in [2.75, 3.05) is 0 Å². The van der Waals surface area contributed by atoms with Crippen LogP contribution in [0.25, 0.3) is 27.6 Å². The summed E-state index contributed by atoms with van der Waals surface area (Å²) >= 11 is 1.06. The Morgan fingerprint density at radius 2 is 1.83 bits per heavy atom. The second-order valence-corrected chi connectivity index (χ2v) is 9.68. The minimum absolute atomic E-state index is 0.185. The third-order valence-electron chi connectivity index (χ3n) is 5.78. The maximum Gasteiger partial charge on any atom is 0.435 e. The van der Waals surface area contributed by atoms with Gasteiger partial charge >= 0.3 is 11.0 Å². The summed E-state index contributed by atoms with van der Waals surface area (Å²) in [5.41, 5.74) is 2.59. The number of hydrogen-bond donors (Lipinski definition) is 0. The predicted molar refractivity (Wildman–Crippen MR) is 131 cm³/mol. The molecule has 0 aliphatic heterocycles. The van der Waals surface area contributed by atoms with Crippen LogP contribution in [0.5, 0.6) is 0 Å². The zero-order valence-electron chi connectivity index (χ0n) is 19.6. The number of alkyl halides is 3. The summed E-state index contributed by atoms with van der Waals surface area (Å²) in [6.07, 6.45) is -1.35. The van der Waals surface area contributed by atoms with E-state index in [1.54, 1.807) is 22.9 Å². The van der Waals surface area contributed by atoms with Crippen molar-refractivity contribution in [1.29, 1.82) is 0 Å². The van der Waals surface area contributed by atoms with Gasteiger partial charge in [-0.15, -0.1) is 0 Å². The molecular weight excluding hydrogens is 489 g/mol. The van der Waals surface area contributed by atoms with Gasteiger partial charge in [0, 0.05) is 17.5 Å². The van der Waals surface area contributed by atoms with E-state index in [-0.39, 0.29) is 23.2 Å². The number of fused-ring (bicyclic) bond motifs is 1. The average Bonchev–Trinajstić information content (AvgIpc) is 3.39. The molecule has 0 bridgehead atoms. The lowest BCUT2D eigenvalue weighted by Crippen LogP contribution is -2.15. The Morgan fingerprint density at radius 1 is 1.06 bits per heavy atom. The van der Waals surface area contributed by atoms with Crippen LogP contribution in [-0.2, 0) is 12.7 Å². The molecule has 0 fully saturated rings. The fourth-order valence-corrected chi connectivity index (χ4v) is 4.80. The molecule has 0 saturated heterocycles. The lowest BCUT2D eigenvalue weighted by atomic mass is 9.97. The molecule has 1 aromatic carbocycles. The van der Waals surface area contributed by atoms with Crippen LogP contribution < -0.4 is 4.87 Å². The summed E-state index contributed by atoms with van der Waals surface area (Å²) in [4.78, 5) is 26.1. The minimum Gasteiger partial charge on any atom is -0.278 e. The molecule has 0 aliphatic carbocycles. The number of aryl methyl sites for hydroxylation is 1. The van der Waals surface area contributed by atoms with Crippen molar-refractivity contribution in [2.24, 2.45) is 0 Å². The van der Waals surface area contributed by atoms with E-state index in [4.69, 9.17) is 4.98 Å². The summed E-state index contributed by atoms with van der Waals surface area (Å²) in [6.45, 7) is 5.94. The monoisotopic (exact) mass is 510 g/mol. The summed E-state index contributed by atoms with van der Waals surface area (Å²) < 4.78 is 42.4. The first-order valence-corrected chi connectivity index (χ1v) is 12.0. The second-order valence-electron chi connectivity index (χ2n) is 8.68. The first-order valence-electron chi connectivity index (χ1n) is 11.2. The van der Waals surface area contributed by atoms with Crippen LogP contribution in [-0.4, -0.2) is 29.3 Å². The molecule has 0 unspecified atom stereocenters. The fraction of sp³-hybridized carbons (Fsp3) is 0.240. The zero-order valence-corrected chi connectivity index (χ0v) is 20.4. The third-order valence-corrected chi connectivity index (χ3v) is 6.68. The van der Waals surface area contributed by atoms with E-state index in [1.807, 2.05) is 24.3 Å². The lowest BCUT2D eigenvalue weighted by molar-refractivity contribution is -0.141. The highest BCUT2D eigenvalue weighted by Crippen LogP contribution is 2.30. The Labute approximate surface area is 207 Å². The number of thiazole rings is 1. The number of hydrogen-bond acceptors (Lipinski definition) is 6. The molecule has 5 aromatic rings. The Kier molecular flexibility index (Phi) is 5.95. The van der Waals surface area contributed by atoms with Gasteiger partial charge in [0.2, 0.25) is 0 Å². The number of rotatable bonds is 5. The van der Waals surface area contributed by atoms with Gasteiger partial charge in [0.1, 0.15) is 0 Å². The summed E-state index contributed by atoms with van der Waals surface area (Å²) in [7, 11) is 0. The van der Waals surface area contributed by atoms with Gasteiger partial charge in [0.15, 0.2) is 23.0 Å². The van der Waals surface area contributed by atoms with Gasteiger partial charge in [0.05, 0.1) is 17.4 Å². The SMILES string of the molecule is Cc1cc(C(F)(F)F)nn1-c1ccc(Cn2c(=O)sc3cnc(-c4ccccc4C(C)C)nc32)cn1. The molecule has 5 rings (SSSR count). The summed E-state index contributed by atoms with van der Waals surface area (Å²) in [6, 6.07) is 12.2. The third kappa shape index (κ3) is 4.41. The van der Waals surface area contributed by atoms with E-state index in [0.717, 1.165) is 33.2 Å². The molecule has 0 N–H and O–H groups in total. The van der Waals surface area contributed by atoms with Crippen LogP contribution in [0.15, 0.2) is 59.7 Å². The van der Waals surface area contributed by atoms with E-state index in [2.05, 4.69) is 28.9 Å². The molecule has 7 nitrogen and oxygen atoms in total. The Morgan fingerprint density at radius 3 is 2.50 bits per heavy atom. The fourth-order valence-electron chi connectivity index (χ4n) is 4.00. The van der Waals surface area contributed by atoms with Crippen molar-refractivity contribution >= 4 is 21.7 Å². The van der Waals surface area contributed by atoms with Gasteiger partial charge in [-0.1, -0.05) is 55.5 Å². The van der Waals surface area contributed by atoms with Gasteiger partial charge in [0.25, 0.3) is 0 Å². The molecule has 184 valence electrons. The Hall–Kier alpha value is -3.86. The Balaban J connectivity index is 1.48. The van der Waals surface area contributed by atoms with Crippen LogP contribution in [0.2, 0.25) is 0 Å². The second kappa shape index (κ2) is 8.98. The Bertz CT molecular complexity index is 1620. The molecule has 0 spiro atoms. The first kappa shape index (κ1) is 23.9. The topological polar surface area (TPSA) is 78.5 Å². The predicted octanol–water partition coefficient (Wildman–Crippen LogP) is 5.60. The van der Waals surface area contributed by atoms with Crippen molar-refractivity contribution in [1.82, 2.24) is 29.3 Å². The van der Waals surface area contributed by atoms with Crippen molar-refractivity contribution in [3.05, 3.63) is 87.0 Å². The van der Waals surface area contributed by atoms with Crippen LogP contribution >= 0.6 is 11.3 Å². The largest absolute Gasteiger partial charge is 0.435 e. The van der Waals surface area contributed by atoms with Gasteiger partial charge in [-0.2, -0.15) is 18.3 Å². The number of halogens is 3. The van der Waals surface area contributed by atoms with Crippen molar-refractivity contribution < 1.29 is 13.2 Å². The maximum absolute atomic E-state index is 13.0. The van der Waals surface area contributed by atoms with Gasteiger partial charge in [-0.3, -0.25) is 9.36 Å². The lowest BCUT2D eigenvalue weighted by Gasteiger charge is -2.11. The normalized spacial score (nSPS) is 12.1. The van der Waals surface area contributed by atoms with Gasteiger partial charge < -0.3 is 0 Å². The van der Waals surface area contributed by atoms with E-state index < -0.39 is 11.9 Å². The van der Waals surface area contributed by atoms with Crippen molar-refractivity contribution in [3.63, 3.8) is 0 Å². The molecule has 0 amide bonds. The van der Waals surface area contributed by atoms with E-state index in [9.17, 15) is 18.0 Å².